The first kappa shape index (κ1) is 18.7. The van der Waals surface area contributed by atoms with Crippen LogP contribution in [0.15, 0.2) is 54.9 Å². The number of aromatic nitrogens is 3. The van der Waals surface area contributed by atoms with E-state index in [9.17, 15) is 9.18 Å². The van der Waals surface area contributed by atoms with Crippen molar-refractivity contribution in [1.29, 1.82) is 0 Å². The number of nitrogens with one attached hydrogen (secondary N) is 2. The highest BCUT2D eigenvalue weighted by Gasteiger charge is 2.16. The fourth-order valence-electron chi connectivity index (χ4n) is 2.89. The van der Waals surface area contributed by atoms with Gasteiger partial charge in [-0.2, -0.15) is 5.10 Å². The van der Waals surface area contributed by atoms with Gasteiger partial charge in [-0.25, -0.2) is 9.37 Å². The number of carbonyl (C=O) groups is 1. The van der Waals surface area contributed by atoms with Crippen LogP contribution in [0.5, 0.6) is 0 Å². The van der Waals surface area contributed by atoms with Gasteiger partial charge in [0.05, 0.1) is 6.04 Å². The quantitative estimate of drug-likeness (QED) is 0.673. The molecule has 0 spiro atoms. The number of hydrogen-bond acceptors (Lipinski definition) is 4. The van der Waals surface area contributed by atoms with Gasteiger partial charge in [0, 0.05) is 18.5 Å². The number of aromatic amines is 1. The van der Waals surface area contributed by atoms with E-state index >= 15 is 0 Å². The molecule has 3 rings (SSSR count). The van der Waals surface area contributed by atoms with Crippen molar-refractivity contribution in [2.24, 2.45) is 0 Å². The molecule has 6 nitrogen and oxygen atoms in total. The van der Waals surface area contributed by atoms with Crippen LogP contribution in [0.2, 0.25) is 0 Å². The Morgan fingerprint density at radius 2 is 2.00 bits per heavy atom. The molecule has 1 amide bonds. The van der Waals surface area contributed by atoms with Gasteiger partial charge in [-0.05, 0) is 49.5 Å². The van der Waals surface area contributed by atoms with E-state index in [2.05, 4.69) is 20.5 Å². The number of likely N-dealkylation sites (N-methyl/N-ethyl adjacent to an activating group) is 1. The molecule has 7 heteroatoms. The fourth-order valence-corrected chi connectivity index (χ4v) is 2.89. The number of carbonyl (C=O) groups excluding carboxylic acids is 1. The van der Waals surface area contributed by atoms with Gasteiger partial charge in [0.15, 0.2) is 0 Å². The van der Waals surface area contributed by atoms with Crippen molar-refractivity contribution in [2.75, 3.05) is 20.6 Å². The lowest BCUT2D eigenvalue weighted by molar-refractivity contribution is 0.0942. The topological polar surface area (TPSA) is 73.9 Å². The van der Waals surface area contributed by atoms with Crippen molar-refractivity contribution in [2.45, 2.75) is 12.5 Å². The third kappa shape index (κ3) is 4.98. The minimum atomic E-state index is -0.284. The zero-order valence-corrected chi connectivity index (χ0v) is 15.3. The van der Waals surface area contributed by atoms with Crippen LogP contribution in [-0.2, 0) is 6.42 Å². The van der Waals surface area contributed by atoms with Gasteiger partial charge in [0.25, 0.3) is 5.91 Å². The van der Waals surface area contributed by atoms with E-state index in [1.807, 2.05) is 37.2 Å². The van der Waals surface area contributed by atoms with Crippen LogP contribution in [0.3, 0.4) is 0 Å². The number of rotatable bonds is 7. The highest BCUT2D eigenvalue weighted by Crippen LogP contribution is 2.18. The van der Waals surface area contributed by atoms with E-state index in [1.165, 1.54) is 18.5 Å². The zero-order chi connectivity index (χ0) is 19.2. The lowest BCUT2D eigenvalue weighted by Gasteiger charge is -2.25. The largest absolute Gasteiger partial charge is 0.350 e. The smallest absolute Gasteiger partial charge is 0.251 e. The first-order valence-electron chi connectivity index (χ1n) is 8.66. The minimum Gasteiger partial charge on any atom is -0.350 e. The Morgan fingerprint density at radius 3 is 2.63 bits per heavy atom. The standard InChI is InChI=1S/C20H22FN5O/c1-26(2)18(16-4-3-5-17(21)11-16)12-22-20(27)15-8-6-14(7-9-15)10-19-23-13-24-25-19/h3-9,11,13,18H,10,12H2,1-2H3,(H,22,27)(H,23,24,25)/t18-/m1/s1. The van der Waals surface area contributed by atoms with Crippen molar-refractivity contribution < 1.29 is 9.18 Å². The maximum atomic E-state index is 13.5. The van der Waals surface area contributed by atoms with Crippen molar-refractivity contribution in [3.05, 3.63) is 83.2 Å². The van der Waals surface area contributed by atoms with E-state index in [0.29, 0.717) is 18.5 Å². The third-order valence-corrected chi connectivity index (χ3v) is 4.37. The molecular weight excluding hydrogens is 345 g/mol. The summed E-state index contributed by atoms with van der Waals surface area (Å²) < 4.78 is 13.5. The molecule has 140 valence electrons. The summed E-state index contributed by atoms with van der Waals surface area (Å²) in [6.07, 6.45) is 2.10. The Labute approximate surface area is 157 Å². The molecule has 0 fully saturated rings. The number of amides is 1. The summed E-state index contributed by atoms with van der Waals surface area (Å²) in [5, 5.41) is 9.57. The van der Waals surface area contributed by atoms with Gasteiger partial charge < -0.3 is 10.2 Å². The number of H-pyrrole nitrogens is 1. The van der Waals surface area contributed by atoms with Crippen LogP contribution in [0.4, 0.5) is 4.39 Å². The highest BCUT2D eigenvalue weighted by molar-refractivity contribution is 5.94. The molecule has 0 bridgehead atoms. The second kappa shape index (κ2) is 8.55. The molecule has 0 aliphatic rings. The van der Waals surface area contributed by atoms with Crippen molar-refractivity contribution in [1.82, 2.24) is 25.4 Å². The predicted molar refractivity (Wildman–Crippen MR) is 101 cm³/mol. The van der Waals surface area contributed by atoms with Crippen LogP contribution in [-0.4, -0.2) is 46.6 Å². The summed E-state index contributed by atoms with van der Waals surface area (Å²) in [7, 11) is 3.81. The van der Waals surface area contributed by atoms with E-state index in [0.717, 1.165) is 17.0 Å². The van der Waals surface area contributed by atoms with Crippen molar-refractivity contribution >= 4 is 5.91 Å². The van der Waals surface area contributed by atoms with Crippen LogP contribution >= 0.6 is 0 Å². The second-order valence-corrected chi connectivity index (χ2v) is 6.55. The Morgan fingerprint density at radius 1 is 1.22 bits per heavy atom. The summed E-state index contributed by atoms with van der Waals surface area (Å²) >= 11 is 0. The number of benzene rings is 2. The molecule has 0 saturated carbocycles. The summed E-state index contributed by atoms with van der Waals surface area (Å²) in [4.78, 5) is 18.5. The summed E-state index contributed by atoms with van der Waals surface area (Å²) in [6.45, 7) is 0.384. The Kier molecular flexibility index (Phi) is 5.93. The molecule has 3 aromatic rings. The van der Waals surface area contributed by atoms with E-state index in [4.69, 9.17) is 0 Å². The molecular formula is C20H22FN5O. The molecule has 1 heterocycles. The summed E-state index contributed by atoms with van der Waals surface area (Å²) in [5.74, 6) is 0.327. The maximum Gasteiger partial charge on any atom is 0.251 e. The first-order chi connectivity index (χ1) is 13.0. The summed E-state index contributed by atoms with van der Waals surface area (Å²) in [5.41, 5.74) is 2.44. The van der Waals surface area contributed by atoms with E-state index in [1.54, 1.807) is 18.2 Å². The number of hydrogen-bond donors (Lipinski definition) is 2. The van der Waals surface area contributed by atoms with Gasteiger partial charge in [0.2, 0.25) is 0 Å². The zero-order valence-electron chi connectivity index (χ0n) is 15.3. The van der Waals surface area contributed by atoms with Gasteiger partial charge in [-0.15, -0.1) is 0 Å². The van der Waals surface area contributed by atoms with Crippen LogP contribution < -0.4 is 5.32 Å². The van der Waals surface area contributed by atoms with Crippen molar-refractivity contribution in [3.63, 3.8) is 0 Å². The molecule has 1 aromatic heterocycles. The molecule has 0 aliphatic heterocycles. The first-order valence-corrected chi connectivity index (χ1v) is 8.66. The molecule has 0 aliphatic carbocycles. The number of nitrogens with zero attached hydrogens (tertiary/aromatic N) is 3. The van der Waals surface area contributed by atoms with E-state index < -0.39 is 0 Å². The number of halogens is 1. The van der Waals surface area contributed by atoms with Crippen LogP contribution in [0.1, 0.15) is 33.4 Å². The average molecular weight is 367 g/mol. The highest BCUT2D eigenvalue weighted by atomic mass is 19.1. The van der Waals surface area contributed by atoms with Crippen LogP contribution in [0.25, 0.3) is 0 Å². The van der Waals surface area contributed by atoms with Gasteiger partial charge >= 0.3 is 0 Å². The van der Waals surface area contributed by atoms with Gasteiger partial charge in [0.1, 0.15) is 18.0 Å². The van der Waals surface area contributed by atoms with Crippen molar-refractivity contribution in [3.8, 4) is 0 Å². The molecule has 2 aromatic carbocycles. The predicted octanol–water partition coefficient (Wildman–Crippen LogP) is 2.57. The Hall–Kier alpha value is -3.06. The normalized spacial score (nSPS) is 12.1. The second-order valence-electron chi connectivity index (χ2n) is 6.55. The lowest BCUT2D eigenvalue weighted by atomic mass is 10.1. The Balaban J connectivity index is 1.62. The Bertz CT molecular complexity index is 878. The molecule has 0 saturated heterocycles. The molecule has 2 N–H and O–H groups in total. The van der Waals surface area contributed by atoms with Gasteiger partial charge in [-0.1, -0.05) is 24.3 Å². The van der Waals surface area contributed by atoms with Crippen LogP contribution in [0, 0.1) is 5.82 Å². The average Bonchev–Trinajstić information content (AvgIpc) is 3.15. The van der Waals surface area contributed by atoms with Gasteiger partial charge in [-0.3, -0.25) is 9.89 Å². The minimum absolute atomic E-state index is 0.115. The maximum absolute atomic E-state index is 13.5. The monoisotopic (exact) mass is 367 g/mol. The molecule has 27 heavy (non-hydrogen) atoms. The fraction of sp³-hybridized carbons (Fsp3) is 0.250. The summed E-state index contributed by atoms with van der Waals surface area (Å²) in [6, 6.07) is 13.7. The molecule has 1 atom stereocenters. The SMILES string of the molecule is CN(C)[C@H](CNC(=O)c1ccc(Cc2ncn[nH]2)cc1)c1cccc(F)c1. The third-order valence-electron chi connectivity index (χ3n) is 4.37. The molecule has 0 unspecified atom stereocenters. The van der Waals surface area contributed by atoms with E-state index in [-0.39, 0.29) is 17.8 Å². The lowest BCUT2D eigenvalue weighted by Crippen LogP contribution is -2.34. The molecule has 0 radical (unpaired) electrons.